The number of para-hydroxylation sites is 1. The molecule has 0 aliphatic carbocycles. The lowest BCUT2D eigenvalue weighted by atomic mass is 9.82. The van der Waals surface area contributed by atoms with Crippen LogP contribution in [0.15, 0.2) is 41.6 Å². The van der Waals surface area contributed by atoms with Crippen molar-refractivity contribution in [2.75, 3.05) is 42.3 Å². The number of aromatic nitrogens is 3. The summed E-state index contributed by atoms with van der Waals surface area (Å²) in [6.07, 6.45) is 5.43. The number of sulfone groups is 2. The van der Waals surface area contributed by atoms with Crippen molar-refractivity contribution in [3.8, 4) is 5.75 Å². The minimum Gasteiger partial charge on any atom is -0.488 e. The first-order valence-corrected chi connectivity index (χ1v) is 18.2. The van der Waals surface area contributed by atoms with E-state index in [-0.39, 0.29) is 22.7 Å². The molecule has 11 nitrogen and oxygen atoms in total. The Morgan fingerprint density at radius 2 is 1.67 bits per heavy atom. The molecule has 13 heteroatoms. The number of aryl methyl sites for hydroxylation is 1. The standard InChI is InChI=1S/C30H40N6O5S2/c1-19(2)43(39,40)26-9-7-6-8-24(26)33-29-31-18-32-30(35-29)34-25-16-20(3)27(23-17-21(4)41-28(23)25)22-10-12-36(13-11-22)14-15-42(5,37)38/h6-9,16,18-19,21-22H,10-15,17H2,1-5H3,(H2,31,32,33,34,35). The van der Waals surface area contributed by atoms with E-state index >= 15 is 0 Å². The van der Waals surface area contributed by atoms with Gasteiger partial charge in [0, 0.05) is 24.8 Å². The number of benzene rings is 2. The van der Waals surface area contributed by atoms with E-state index in [9.17, 15) is 16.8 Å². The number of hydrogen-bond acceptors (Lipinski definition) is 11. The van der Waals surface area contributed by atoms with E-state index < -0.39 is 24.9 Å². The molecule has 1 saturated heterocycles. The summed E-state index contributed by atoms with van der Waals surface area (Å²) < 4.78 is 55.3. The maximum absolute atomic E-state index is 12.9. The van der Waals surface area contributed by atoms with E-state index in [1.54, 1.807) is 38.1 Å². The van der Waals surface area contributed by atoms with Crippen LogP contribution in [0.4, 0.5) is 23.3 Å². The number of fused-ring (bicyclic) bond motifs is 1. The van der Waals surface area contributed by atoms with Gasteiger partial charge >= 0.3 is 0 Å². The second-order valence-corrected chi connectivity index (χ2v) is 16.5. The molecule has 0 bridgehead atoms. The molecule has 2 aromatic carbocycles. The average Bonchev–Trinajstić information content (AvgIpc) is 3.33. The second-order valence-electron chi connectivity index (χ2n) is 11.8. The Morgan fingerprint density at radius 3 is 2.33 bits per heavy atom. The third-order valence-electron chi connectivity index (χ3n) is 8.09. The molecule has 0 amide bonds. The predicted molar refractivity (Wildman–Crippen MR) is 168 cm³/mol. The predicted octanol–water partition coefficient (Wildman–Crippen LogP) is 4.40. The molecule has 0 saturated carbocycles. The fraction of sp³-hybridized carbons (Fsp3) is 0.500. The summed E-state index contributed by atoms with van der Waals surface area (Å²) in [7, 11) is -6.50. The lowest BCUT2D eigenvalue weighted by Gasteiger charge is -2.33. The molecule has 2 aliphatic heterocycles. The van der Waals surface area contributed by atoms with Crippen LogP contribution in [0, 0.1) is 6.92 Å². The fourth-order valence-corrected chi connectivity index (χ4v) is 7.67. The van der Waals surface area contributed by atoms with Crippen molar-refractivity contribution in [3.63, 3.8) is 0 Å². The van der Waals surface area contributed by atoms with Gasteiger partial charge in [0.1, 0.15) is 28.0 Å². The highest BCUT2D eigenvalue weighted by Crippen LogP contribution is 2.45. The zero-order chi connectivity index (χ0) is 30.9. The molecular weight excluding hydrogens is 589 g/mol. The van der Waals surface area contributed by atoms with E-state index in [1.165, 1.54) is 23.7 Å². The molecule has 5 rings (SSSR count). The molecule has 0 radical (unpaired) electrons. The van der Waals surface area contributed by atoms with Gasteiger partial charge in [-0.3, -0.25) is 0 Å². The Balaban J connectivity index is 1.36. The Hall–Kier alpha value is -3.29. The van der Waals surface area contributed by atoms with E-state index in [2.05, 4.69) is 50.4 Å². The number of anilines is 4. The Labute approximate surface area is 254 Å². The normalized spacial score (nSPS) is 18.0. The van der Waals surface area contributed by atoms with Crippen LogP contribution in [0.3, 0.4) is 0 Å². The highest BCUT2D eigenvalue weighted by Gasteiger charge is 2.32. The van der Waals surface area contributed by atoms with Crippen molar-refractivity contribution < 1.29 is 21.6 Å². The van der Waals surface area contributed by atoms with Crippen molar-refractivity contribution in [3.05, 3.63) is 53.3 Å². The Kier molecular flexibility index (Phi) is 8.96. The van der Waals surface area contributed by atoms with Gasteiger partial charge in [0.2, 0.25) is 11.9 Å². The average molecular weight is 629 g/mol. The highest BCUT2D eigenvalue weighted by atomic mass is 32.2. The van der Waals surface area contributed by atoms with Gasteiger partial charge in [-0.1, -0.05) is 12.1 Å². The molecule has 0 spiro atoms. The van der Waals surface area contributed by atoms with Gasteiger partial charge in [-0.05, 0) is 88.9 Å². The summed E-state index contributed by atoms with van der Waals surface area (Å²) in [6, 6.07) is 8.78. The summed E-state index contributed by atoms with van der Waals surface area (Å²) in [6.45, 7) is 9.79. The lowest BCUT2D eigenvalue weighted by Crippen LogP contribution is -2.36. The molecule has 1 aromatic heterocycles. The van der Waals surface area contributed by atoms with Crippen LogP contribution in [0.5, 0.6) is 5.75 Å². The molecule has 1 atom stereocenters. The van der Waals surface area contributed by atoms with Crippen molar-refractivity contribution >= 4 is 42.9 Å². The highest BCUT2D eigenvalue weighted by molar-refractivity contribution is 7.92. The van der Waals surface area contributed by atoms with Gasteiger partial charge in [0.05, 0.1) is 27.3 Å². The number of likely N-dealkylation sites (tertiary alicyclic amines) is 1. The zero-order valence-electron chi connectivity index (χ0n) is 25.3. The van der Waals surface area contributed by atoms with Crippen LogP contribution >= 0.6 is 0 Å². The van der Waals surface area contributed by atoms with Crippen LogP contribution in [-0.2, 0) is 26.1 Å². The van der Waals surface area contributed by atoms with Crippen molar-refractivity contribution in [2.45, 2.75) is 69.1 Å². The van der Waals surface area contributed by atoms with Gasteiger partial charge in [0.25, 0.3) is 0 Å². The first-order valence-electron chi connectivity index (χ1n) is 14.6. The molecular formula is C30H40N6O5S2. The zero-order valence-corrected chi connectivity index (χ0v) is 26.9. The minimum atomic E-state index is -3.52. The fourth-order valence-electron chi connectivity index (χ4n) is 5.88. The minimum absolute atomic E-state index is 0.0287. The molecule has 2 N–H and O–H groups in total. The number of piperidine rings is 1. The molecule has 2 aliphatic rings. The summed E-state index contributed by atoms with van der Waals surface area (Å²) in [4.78, 5) is 15.5. The van der Waals surface area contributed by atoms with Gasteiger partial charge in [0.15, 0.2) is 9.84 Å². The summed E-state index contributed by atoms with van der Waals surface area (Å²) in [5.74, 6) is 1.89. The maximum Gasteiger partial charge on any atom is 0.232 e. The lowest BCUT2D eigenvalue weighted by molar-refractivity contribution is 0.222. The molecule has 1 fully saturated rings. The Morgan fingerprint density at radius 1 is 1.02 bits per heavy atom. The van der Waals surface area contributed by atoms with Gasteiger partial charge in [-0.25, -0.2) is 26.8 Å². The number of ether oxygens (including phenoxy) is 1. The van der Waals surface area contributed by atoms with Crippen LogP contribution in [0.1, 0.15) is 56.2 Å². The van der Waals surface area contributed by atoms with Gasteiger partial charge in [-0.2, -0.15) is 4.98 Å². The van der Waals surface area contributed by atoms with Crippen molar-refractivity contribution in [1.82, 2.24) is 19.9 Å². The topological polar surface area (TPSA) is 143 Å². The SMILES string of the molecule is Cc1cc(Nc2ncnc(Nc3ccccc3S(=O)(=O)C(C)C)n2)c2c(c1C1CCN(CCS(C)(=O)=O)CC1)CC(C)O2. The molecule has 3 aromatic rings. The van der Waals surface area contributed by atoms with Crippen LogP contribution in [-0.4, -0.2) is 79.7 Å². The van der Waals surface area contributed by atoms with E-state index in [0.29, 0.717) is 24.1 Å². The summed E-state index contributed by atoms with van der Waals surface area (Å²) >= 11 is 0. The smallest absolute Gasteiger partial charge is 0.232 e. The summed E-state index contributed by atoms with van der Waals surface area (Å²) in [5.41, 5.74) is 4.85. The first-order chi connectivity index (χ1) is 20.3. The largest absolute Gasteiger partial charge is 0.488 e. The summed E-state index contributed by atoms with van der Waals surface area (Å²) in [5, 5.41) is 5.79. The van der Waals surface area contributed by atoms with Gasteiger partial charge < -0.3 is 20.3 Å². The first kappa shape index (κ1) is 31.1. The number of hydrogen-bond donors (Lipinski definition) is 2. The van der Waals surface area contributed by atoms with Gasteiger partial charge in [-0.15, -0.1) is 0 Å². The second kappa shape index (κ2) is 12.4. The van der Waals surface area contributed by atoms with E-state index in [4.69, 9.17) is 4.74 Å². The third kappa shape index (κ3) is 7.10. The van der Waals surface area contributed by atoms with Crippen molar-refractivity contribution in [2.24, 2.45) is 0 Å². The maximum atomic E-state index is 12.9. The molecule has 3 heterocycles. The third-order valence-corrected chi connectivity index (χ3v) is 11.2. The number of nitrogens with one attached hydrogen (secondary N) is 2. The Bertz CT molecular complexity index is 1700. The number of nitrogens with zero attached hydrogens (tertiary/aromatic N) is 4. The number of rotatable bonds is 10. The molecule has 232 valence electrons. The van der Waals surface area contributed by atoms with Crippen LogP contribution in [0.25, 0.3) is 0 Å². The molecule has 43 heavy (non-hydrogen) atoms. The van der Waals surface area contributed by atoms with Crippen molar-refractivity contribution in [1.29, 1.82) is 0 Å². The van der Waals surface area contributed by atoms with Crippen LogP contribution in [0.2, 0.25) is 0 Å². The van der Waals surface area contributed by atoms with Crippen LogP contribution < -0.4 is 15.4 Å². The van der Waals surface area contributed by atoms with E-state index in [1.807, 2.05) is 0 Å². The van der Waals surface area contributed by atoms with E-state index in [0.717, 1.165) is 49.4 Å². The molecule has 1 unspecified atom stereocenters. The monoisotopic (exact) mass is 628 g/mol. The quantitative estimate of drug-likeness (QED) is 0.330.